The number of phenolic OH excluding ortho intramolecular Hbond substituents is 3. The largest absolute Gasteiger partial charge is 0.507 e. The molecule has 0 radical (unpaired) electrons. The molecule has 0 aliphatic carbocycles. The molecule has 3 saturated heterocycles. The highest BCUT2D eigenvalue weighted by molar-refractivity contribution is 5.88. The minimum Gasteiger partial charge on any atom is -0.507 e. The average molecular weight is 758 g/mol. The maximum atomic E-state index is 10.9. The molecule has 53 heavy (non-hydrogen) atoms. The lowest BCUT2D eigenvalue weighted by Crippen LogP contribution is -2.61. The molecule has 20 nitrogen and oxygen atoms in total. The fraction of sp³-hybridized carbons (Fsp3) is 0.545. The van der Waals surface area contributed by atoms with Crippen LogP contribution in [0.5, 0.6) is 28.7 Å². The smallest absolute Gasteiger partial charge is 0.402 e. The lowest BCUT2D eigenvalue weighted by Gasteiger charge is -2.42. The average Bonchev–Trinajstić information content (AvgIpc) is 3.13. The standard InChI is InChI=1S/C33H40O20/c1-10-21(38)24(41)27(44)31(48-10)47-9-20-23(40)26(43)29(46)33(53-20)51-18-7-13-15(37)5-12(35)6-16(13)49-30(18)11-2-3-14(36)17(4-11)50-32-28(45)25(42)22(39)19(8-34)52-32/h2-7,10,19-29,31-34,38-46H,8-9H2,1H3,(H2-,35,36,37)/p+1/t10?,19?,20?,21-,22+,23+,24-,25-,26?,27?,28?,29?,31+,32+,33+/m0/s1. The van der Waals surface area contributed by atoms with Crippen LogP contribution in [-0.2, 0) is 18.9 Å². The Labute approximate surface area is 299 Å². The van der Waals surface area contributed by atoms with Gasteiger partial charge in [0.2, 0.25) is 18.3 Å². The van der Waals surface area contributed by atoms with Crippen molar-refractivity contribution in [2.75, 3.05) is 13.2 Å². The molecule has 3 aliphatic heterocycles. The molecule has 20 heteroatoms. The van der Waals surface area contributed by atoms with Gasteiger partial charge in [0.1, 0.15) is 84.0 Å². The van der Waals surface area contributed by atoms with Crippen LogP contribution in [0.1, 0.15) is 6.92 Å². The molecule has 0 spiro atoms. The summed E-state index contributed by atoms with van der Waals surface area (Å²) in [4.78, 5) is 0. The normalized spacial score (nSPS) is 37.8. The highest BCUT2D eigenvalue weighted by atomic mass is 16.7. The molecule has 6 rings (SSSR count). The van der Waals surface area contributed by atoms with Crippen molar-refractivity contribution in [2.45, 2.75) is 99.0 Å². The van der Waals surface area contributed by atoms with E-state index in [-0.39, 0.29) is 39.5 Å². The van der Waals surface area contributed by atoms with Crippen LogP contribution in [0.25, 0.3) is 22.3 Å². The van der Waals surface area contributed by atoms with Crippen LogP contribution in [-0.4, -0.2) is 172 Å². The van der Waals surface area contributed by atoms with E-state index in [9.17, 15) is 66.4 Å². The summed E-state index contributed by atoms with van der Waals surface area (Å²) in [5.41, 5.74) is -0.0417. The first kappa shape index (κ1) is 39.0. The van der Waals surface area contributed by atoms with Gasteiger partial charge in [0.15, 0.2) is 17.8 Å². The van der Waals surface area contributed by atoms with Crippen LogP contribution in [0.3, 0.4) is 0 Å². The van der Waals surface area contributed by atoms with Crippen molar-refractivity contribution >= 4 is 11.0 Å². The summed E-state index contributed by atoms with van der Waals surface area (Å²) in [6.45, 7) is 0.0907. The van der Waals surface area contributed by atoms with Crippen molar-refractivity contribution < 1.29 is 99.2 Å². The maximum absolute atomic E-state index is 10.9. The minimum atomic E-state index is -1.92. The van der Waals surface area contributed by atoms with E-state index < -0.39 is 117 Å². The van der Waals surface area contributed by atoms with Crippen LogP contribution in [0.2, 0.25) is 0 Å². The van der Waals surface area contributed by atoms with Gasteiger partial charge in [-0.15, -0.1) is 0 Å². The van der Waals surface area contributed by atoms with E-state index in [1.54, 1.807) is 0 Å². The number of phenols is 3. The number of benzene rings is 2. The Morgan fingerprint density at radius 1 is 0.604 bits per heavy atom. The van der Waals surface area contributed by atoms with Crippen molar-refractivity contribution in [3.8, 4) is 40.1 Å². The molecule has 4 heterocycles. The minimum absolute atomic E-state index is 0.0119. The Hall–Kier alpha value is -3.71. The van der Waals surface area contributed by atoms with Crippen molar-refractivity contribution in [1.82, 2.24) is 0 Å². The number of rotatable bonds is 9. The molecule has 13 N–H and O–H groups in total. The molecule has 15 atom stereocenters. The zero-order valence-electron chi connectivity index (χ0n) is 27.7. The molecular weight excluding hydrogens is 716 g/mol. The van der Waals surface area contributed by atoms with Crippen LogP contribution >= 0.6 is 0 Å². The Morgan fingerprint density at radius 2 is 1.19 bits per heavy atom. The zero-order chi connectivity index (χ0) is 38.5. The van der Waals surface area contributed by atoms with E-state index in [1.165, 1.54) is 25.1 Å². The summed E-state index contributed by atoms with van der Waals surface area (Å²) in [6.07, 6.45) is -24.3. The highest BCUT2D eigenvalue weighted by Crippen LogP contribution is 2.43. The molecule has 7 unspecified atom stereocenters. The van der Waals surface area contributed by atoms with Crippen LogP contribution < -0.4 is 9.47 Å². The Balaban J connectivity index is 1.31. The van der Waals surface area contributed by atoms with Gasteiger partial charge < -0.3 is 94.8 Å². The quantitative estimate of drug-likeness (QED) is 0.0951. The summed E-state index contributed by atoms with van der Waals surface area (Å²) in [5.74, 6) is -2.21. The third-order valence-corrected chi connectivity index (χ3v) is 9.27. The van der Waals surface area contributed by atoms with E-state index in [0.717, 1.165) is 18.2 Å². The van der Waals surface area contributed by atoms with Gasteiger partial charge in [0.05, 0.1) is 30.9 Å². The summed E-state index contributed by atoms with van der Waals surface area (Å²) < 4.78 is 39.6. The predicted octanol–water partition coefficient (Wildman–Crippen LogP) is -3.29. The number of ether oxygens (including phenoxy) is 6. The first-order valence-corrected chi connectivity index (χ1v) is 16.4. The molecule has 3 aromatic rings. The Morgan fingerprint density at radius 3 is 1.85 bits per heavy atom. The molecule has 0 bridgehead atoms. The van der Waals surface area contributed by atoms with E-state index in [1.807, 2.05) is 0 Å². The third-order valence-electron chi connectivity index (χ3n) is 9.27. The van der Waals surface area contributed by atoms with E-state index in [0.29, 0.717) is 0 Å². The monoisotopic (exact) mass is 757 g/mol. The van der Waals surface area contributed by atoms with Crippen molar-refractivity contribution in [1.29, 1.82) is 0 Å². The van der Waals surface area contributed by atoms with Crippen molar-refractivity contribution in [3.63, 3.8) is 0 Å². The highest BCUT2D eigenvalue weighted by Gasteiger charge is 2.48. The van der Waals surface area contributed by atoms with Gasteiger partial charge >= 0.3 is 11.3 Å². The predicted molar refractivity (Wildman–Crippen MR) is 171 cm³/mol. The summed E-state index contributed by atoms with van der Waals surface area (Å²) in [6, 6.07) is 7.01. The second-order valence-corrected chi connectivity index (χ2v) is 13.0. The molecule has 0 amide bonds. The van der Waals surface area contributed by atoms with Gasteiger partial charge in [-0.25, -0.2) is 4.42 Å². The second-order valence-electron chi connectivity index (χ2n) is 13.0. The van der Waals surface area contributed by atoms with E-state index >= 15 is 0 Å². The molecular formula is C33H41O20+. The fourth-order valence-corrected chi connectivity index (χ4v) is 6.13. The van der Waals surface area contributed by atoms with Gasteiger partial charge in [0.25, 0.3) is 0 Å². The van der Waals surface area contributed by atoms with Crippen molar-refractivity contribution in [3.05, 3.63) is 36.4 Å². The van der Waals surface area contributed by atoms with Gasteiger partial charge in [-0.3, -0.25) is 0 Å². The van der Waals surface area contributed by atoms with Crippen LogP contribution in [0, 0.1) is 0 Å². The molecule has 1 aromatic heterocycles. The Kier molecular flexibility index (Phi) is 11.5. The Bertz CT molecular complexity index is 1740. The lowest BCUT2D eigenvalue weighted by atomic mass is 9.98. The molecule has 3 fully saturated rings. The molecule has 292 valence electrons. The molecule has 0 saturated carbocycles. The number of fused-ring (bicyclic) bond motifs is 1. The molecule has 2 aromatic carbocycles. The van der Waals surface area contributed by atoms with Crippen LogP contribution in [0.4, 0.5) is 0 Å². The lowest BCUT2D eigenvalue weighted by molar-refractivity contribution is -0.318. The van der Waals surface area contributed by atoms with Crippen LogP contribution in [0.15, 0.2) is 40.8 Å². The van der Waals surface area contributed by atoms with Gasteiger partial charge in [-0.1, -0.05) is 0 Å². The topological polar surface area (TPSA) is 330 Å². The van der Waals surface area contributed by atoms with E-state index in [2.05, 4.69) is 0 Å². The first-order valence-electron chi connectivity index (χ1n) is 16.4. The number of aromatic hydroxyl groups is 3. The van der Waals surface area contributed by atoms with Gasteiger partial charge in [0, 0.05) is 18.2 Å². The zero-order valence-corrected chi connectivity index (χ0v) is 27.7. The number of aliphatic hydroxyl groups is 10. The first-order chi connectivity index (χ1) is 25.1. The van der Waals surface area contributed by atoms with Gasteiger partial charge in [-0.05, 0) is 19.1 Å². The van der Waals surface area contributed by atoms with Gasteiger partial charge in [-0.2, -0.15) is 0 Å². The molecule has 3 aliphatic rings. The summed E-state index contributed by atoms with van der Waals surface area (Å²) >= 11 is 0. The SMILES string of the molecule is CC1O[C@@H](OCC2O[C@@H](Oc3cc4c(O)cc(O)cc4[o+]c3-c3ccc(O)c(O[C@@H]4OC(CO)[C@@H](O)[C@H](O)C4O)c3)C(O)C(O)[C@@H]2O)C(O)[C@@H](O)[C@H]1O. The number of aliphatic hydroxyl groups excluding tert-OH is 10. The van der Waals surface area contributed by atoms with Crippen molar-refractivity contribution in [2.24, 2.45) is 0 Å². The fourth-order valence-electron chi connectivity index (χ4n) is 6.13. The second kappa shape index (κ2) is 15.6. The summed E-state index contributed by atoms with van der Waals surface area (Å²) in [5, 5.41) is 134. The summed E-state index contributed by atoms with van der Waals surface area (Å²) in [7, 11) is 0. The van der Waals surface area contributed by atoms with E-state index in [4.69, 9.17) is 32.8 Å². The maximum Gasteiger partial charge on any atom is 0.402 e. The number of hydrogen-bond acceptors (Lipinski definition) is 19. The third kappa shape index (κ3) is 7.65. The number of hydrogen-bond donors (Lipinski definition) is 13.